The molecule has 2 aromatic carbocycles. The molecule has 0 spiro atoms. The third-order valence-corrected chi connectivity index (χ3v) is 5.33. The maximum atomic E-state index is 13.1. The first kappa shape index (κ1) is 22.4. The molecule has 0 aromatic heterocycles. The van der Waals surface area contributed by atoms with E-state index in [1.165, 1.54) is 0 Å². The van der Waals surface area contributed by atoms with E-state index < -0.39 is 18.2 Å². The van der Waals surface area contributed by atoms with Gasteiger partial charge in [0.1, 0.15) is 11.5 Å². The second-order valence-corrected chi connectivity index (χ2v) is 8.65. The molecule has 0 fully saturated rings. The highest BCUT2D eigenvalue weighted by Crippen LogP contribution is 2.49. The molecule has 0 aliphatic rings. The fourth-order valence-corrected chi connectivity index (χ4v) is 3.66. The molecular weight excluding hydrogens is 407 g/mol. The number of benzene rings is 2. The molecule has 0 saturated carbocycles. The van der Waals surface area contributed by atoms with E-state index in [0.717, 1.165) is 11.1 Å². The van der Waals surface area contributed by atoms with Gasteiger partial charge in [-0.2, -0.15) is 8.42 Å². The summed E-state index contributed by atoms with van der Waals surface area (Å²) in [6, 6.07) is 13.8. The topological polar surface area (TPSA) is 108 Å². The summed E-state index contributed by atoms with van der Waals surface area (Å²) in [5.41, 5.74) is 2.03. The zero-order chi connectivity index (χ0) is 20.6. The Morgan fingerprint density at radius 3 is 1.68 bits per heavy atom. The summed E-state index contributed by atoms with van der Waals surface area (Å²) in [7, 11) is -8.46. The third-order valence-electron chi connectivity index (χ3n) is 3.50. The minimum absolute atomic E-state index is 0.0240. The predicted molar refractivity (Wildman–Crippen MR) is 104 cm³/mol. The molecule has 2 rings (SSSR count). The maximum Gasteiger partial charge on any atom is 0.587 e. The summed E-state index contributed by atoms with van der Waals surface area (Å²) in [5, 5.41) is 0. The molecule has 0 saturated heterocycles. The number of unbranched alkanes of at least 4 members (excludes halogenated alkanes) is 1. The van der Waals surface area contributed by atoms with Crippen LogP contribution in [0.25, 0.3) is 0 Å². The van der Waals surface area contributed by atoms with E-state index in [1.807, 2.05) is 13.8 Å². The van der Waals surface area contributed by atoms with Crippen LogP contribution < -0.4 is 9.05 Å². The third kappa shape index (κ3) is 8.41. The monoisotopic (exact) mass is 430 g/mol. The lowest BCUT2D eigenvalue weighted by molar-refractivity contribution is 0.196. The Kier molecular flexibility index (Phi) is 8.03. The van der Waals surface area contributed by atoms with Crippen molar-refractivity contribution in [2.75, 3.05) is 13.2 Å². The molecule has 0 heterocycles. The SMILES string of the molecule is Cc1ccc(OP(=O)(OCCCCOS(=O)(=O)O)Oc2ccc(C)cc2)cc1. The fraction of sp³-hybridized carbons (Fsp3) is 0.333. The van der Waals surface area contributed by atoms with Crippen LogP contribution in [0.5, 0.6) is 11.5 Å². The molecule has 10 heteroatoms. The quantitative estimate of drug-likeness (QED) is 0.316. The molecule has 0 aliphatic carbocycles. The van der Waals surface area contributed by atoms with Gasteiger partial charge >= 0.3 is 18.2 Å². The summed E-state index contributed by atoms with van der Waals surface area (Å²) in [6.45, 7) is 3.59. The van der Waals surface area contributed by atoms with Crippen molar-refractivity contribution in [3.05, 3.63) is 59.7 Å². The molecule has 0 aliphatic heterocycles. The van der Waals surface area contributed by atoms with E-state index in [1.54, 1.807) is 48.5 Å². The van der Waals surface area contributed by atoms with Gasteiger partial charge in [0.15, 0.2) is 0 Å². The van der Waals surface area contributed by atoms with Gasteiger partial charge in [0.25, 0.3) is 0 Å². The molecule has 8 nitrogen and oxygen atoms in total. The summed E-state index contributed by atoms with van der Waals surface area (Å²) in [4.78, 5) is 0. The summed E-state index contributed by atoms with van der Waals surface area (Å²) in [6.07, 6.45) is 0.572. The lowest BCUT2D eigenvalue weighted by Gasteiger charge is -2.19. The van der Waals surface area contributed by atoms with Crippen molar-refractivity contribution in [3.8, 4) is 11.5 Å². The van der Waals surface area contributed by atoms with Crippen LogP contribution in [0.3, 0.4) is 0 Å². The van der Waals surface area contributed by atoms with Crippen molar-refractivity contribution in [1.29, 1.82) is 0 Å². The Morgan fingerprint density at radius 2 is 1.25 bits per heavy atom. The van der Waals surface area contributed by atoms with Crippen molar-refractivity contribution in [1.82, 2.24) is 0 Å². The van der Waals surface area contributed by atoms with Crippen LogP contribution in [0.15, 0.2) is 48.5 Å². The zero-order valence-electron chi connectivity index (χ0n) is 15.6. The van der Waals surface area contributed by atoms with Gasteiger partial charge in [0.05, 0.1) is 13.2 Å². The first-order chi connectivity index (χ1) is 13.2. The van der Waals surface area contributed by atoms with Crippen LogP contribution in [0, 0.1) is 13.8 Å². The summed E-state index contributed by atoms with van der Waals surface area (Å²) >= 11 is 0. The fourth-order valence-electron chi connectivity index (χ4n) is 2.07. The molecule has 1 N–H and O–H groups in total. The van der Waals surface area contributed by atoms with Gasteiger partial charge in [-0.25, -0.2) is 8.75 Å². The highest BCUT2D eigenvalue weighted by molar-refractivity contribution is 7.80. The molecule has 0 unspecified atom stereocenters. The Bertz CT molecular complexity index is 843. The predicted octanol–water partition coefficient (Wildman–Crippen LogP) is 4.49. The molecule has 28 heavy (non-hydrogen) atoms. The van der Waals surface area contributed by atoms with Gasteiger partial charge in [-0.1, -0.05) is 35.4 Å². The van der Waals surface area contributed by atoms with E-state index in [2.05, 4.69) is 4.18 Å². The van der Waals surface area contributed by atoms with Gasteiger partial charge in [-0.3, -0.25) is 9.08 Å². The average Bonchev–Trinajstić information content (AvgIpc) is 2.61. The molecule has 0 atom stereocenters. The van der Waals surface area contributed by atoms with Gasteiger partial charge < -0.3 is 9.05 Å². The summed E-state index contributed by atoms with van der Waals surface area (Å²) in [5.74, 6) is 0.659. The first-order valence-electron chi connectivity index (χ1n) is 8.54. The Hall–Kier alpha value is -1.90. The molecule has 0 radical (unpaired) electrons. The van der Waals surface area contributed by atoms with E-state index in [9.17, 15) is 13.0 Å². The van der Waals surface area contributed by atoms with E-state index >= 15 is 0 Å². The van der Waals surface area contributed by atoms with Gasteiger partial charge in [0.2, 0.25) is 0 Å². The van der Waals surface area contributed by atoms with E-state index in [0.29, 0.717) is 17.9 Å². The van der Waals surface area contributed by atoms with Crippen LogP contribution in [0.4, 0.5) is 0 Å². The van der Waals surface area contributed by atoms with Crippen LogP contribution in [0.2, 0.25) is 0 Å². The number of aryl methyl sites for hydroxylation is 2. The average molecular weight is 430 g/mol. The van der Waals surface area contributed by atoms with Crippen molar-refractivity contribution >= 4 is 18.2 Å². The van der Waals surface area contributed by atoms with Crippen LogP contribution in [0.1, 0.15) is 24.0 Å². The standard InChI is InChI=1S/C18H23O8PS/c1-15-5-9-17(10-6-15)25-27(19,26-18-11-7-16(2)8-12-18)23-13-3-4-14-24-28(20,21)22/h5-12H,3-4,13-14H2,1-2H3,(H,20,21,22). The number of hydrogen-bond donors (Lipinski definition) is 1. The van der Waals surface area contributed by atoms with Gasteiger partial charge in [-0.05, 0) is 51.0 Å². The molecular formula is C18H23O8PS. The highest BCUT2D eigenvalue weighted by atomic mass is 32.3. The number of phosphoric ester groups is 1. The second kappa shape index (κ2) is 10.0. The Labute approximate surface area is 165 Å². The van der Waals surface area contributed by atoms with Crippen molar-refractivity contribution in [2.45, 2.75) is 26.7 Å². The minimum Gasteiger partial charge on any atom is -0.395 e. The normalized spacial score (nSPS) is 12.0. The van der Waals surface area contributed by atoms with Crippen LogP contribution >= 0.6 is 7.82 Å². The van der Waals surface area contributed by atoms with Crippen LogP contribution in [-0.4, -0.2) is 26.2 Å². The second-order valence-electron chi connectivity index (χ2n) is 6.05. The molecule has 0 bridgehead atoms. The Balaban J connectivity index is 1.99. The number of phosphoric acid groups is 1. The number of hydrogen-bond acceptors (Lipinski definition) is 7. The smallest absolute Gasteiger partial charge is 0.395 e. The van der Waals surface area contributed by atoms with Gasteiger partial charge in [-0.15, -0.1) is 0 Å². The van der Waals surface area contributed by atoms with Crippen molar-refractivity contribution in [3.63, 3.8) is 0 Å². The largest absolute Gasteiger partial charge is 0.587 e. The molecule has 0 amide bonds. The first-order valence-corrected chi connectivity index (χ1v) is 11.4. The summed E-state index contributed by atoms with van der Waals surface area (Å²) < 4.78 is 63.2. The van der Waals surface area contributed by atoms with Crippen molar-refractivity contribution in [2.24, 2.45) is 0 Å². The maximum absolute atomic E-state index is 13.1. The zero-order valence-corrected chi connectivity index (χ0v) is 17.3. The number of rotatable bonds is 11. The van der Waals surface area contributed by atoms with E-state index in [4.69, 9.17) is 18.1 Å². The molecule has 2 aromatic rings. The van der Waals surface area contributed by atoms with Gasteiger partial charge in [0, 0.05) is 0 Å². The van der Waals surface area contributed by atoms with Crippen LogP contribution in [-0.2, 0) is 23.7 Å². The molecule has 154 valence electrons. The lowest BCUT2D eigenvalue weighted by Crippen LogP contribution is -2.08. The van der Waals surface area contributed by atoms with Crippen molar-refractivity contribution < 1.29 is 35.3 Å². The van der Waals surface area contributed by atoms with E-state index in [-0.39, 0.29) is 19.6 Å². The Morgan fingerprint density at radius 1 is 0.821 bits per heavy atom. The highest BCUT2D eigenvalue weighted by Gasteiger charge is 2.30. The lowest BCUT2D eigenvalue weighted by atomic mass is 10.2. The minimum atomic E-state index is -4.47.